The lowest BCUT2D eigenvalue weighted by molar-refractivity contribution is -0.153. The number of carbonyl (C=O) groups excluding carboxylic acids is 1. The van der Waals surface area contributed by atoms with Crippen LogP contribution in [0, 0.1) is 6.92 Å². The number of methoxy groups -OCH3 is 1. The van der Waals surface area contributed by atoms with Gasteiger partial charge in [0.05, 0.1) is 7.11 Å². The van der Waals surface area contributed by atoms with Crippen molar-refractivity contribution >= 4 is 35.9 Å². The SMILES string of the molecule is CN=C(NCC(=O)OC(C)(C)C)NCc1ccc(C)cc1OC.I. The second-order valence-electron chi connectivity index (χ2n) is 6.18. The molecular formula is C17H28IN3O3. The van der Waals surface area contributed by atoms with Gasteiger partial charge >= 0.3 is 5.97 Å². The molecule has 0 aliphatic rings. The van der Waals surface area contributed by atoms with Gasteiger partial charge in [-0.1, -0.05) is 12.1 Å². The number of guanidine groups is 1. The molecule has 6 nitrogen and oxygen atoms in total. The zero-order valence-electron chi connectivity index (χ0n) is 15.2. The van der Waals surface area contributed by atoms with E-state index >= 15 is 0 Å². The molecule has 0 aliphatic heterocycles. The average molecular weight is 449 g/mol. The van der Waals surface area contributed by atoms with Gasteiger partial charge in [-0.25, -0.2) is 0 Å². The second kappa shape index (κ2) is 10.4. The van der Waals surface area contributed by atoms with Crippen LogP contribution in [0.3, 0.4) is 0 Å². The predicted octanol–water partition coefficient (Wildman–Crippen LogP) is 2.63. The first-order chi connectivity index (χ1) is 10.7. The quantitative estimate of drug-likeness (QED) is 0.313. The number of nitrogens with one attached hydrogen (secondary N) is 2. The fraction of sp³-hybridized carbons (Fsp3) is 0.529. The number of aliphatic imine (C=N–C) groups is 1. The van der Waals surface area contributed by atoms with Crippen molar-refractivity contribution in [3.8, 4) is 5.75 Å². The Morgan fingerprint density at radius 2 is 1.92 bits per heavy atom. The van der Waals surface area contributed by atoms with Crippen molar-refractivity contribution in [1.82, 2.24) is 10.6 Å². The van der Waals surface area contributed by atoms with Crippen LogP contribution in [0.25, 0.3) is 0 Å². The van der Waals surface area contributed by atoms with Gasteiger partial charge < -0.3 is 20.1 Å². The molecule has 136 valence electrons. The van der Waals surface area contributed by atoms with Gasteiger partial charge in [-0.15, -0.1) is 24.0 Å². The maximum Gasteiger partial charge on any atom is 0.325 e. The van der Waals surface area contributed by atoms with Crippen LogP contribution in [-0.2, 0) is 16.1 Å². The van der Waals surface area contributed by atoms with Gasteiger partial charge in [-0.2, -0.15) is 0 Å². The van der Waals surface area contributed by atoms with E-state index in [4.69, 9.17) is 9.47 Å². The fourth-order valence-electron chi connectivity index (χ4n) is 1.93. The van der Waals surface area contributed by atoms with E-state index in [1.54, 1.807) is 14.2 Å². The summed E-state index contributed by atoms with van der Waals surface area (Å²) in [6, 6.07) is 6.01. The standard InChI is InChI=1S/C17H27N3O3.HI/c1-12-7-8-13(14(9-12)22-6)10-19-16(18-5)20-11-15(21)23-17(2,3)4;/h7-9H,10-11H2,1-6H3,(H2,18,19,20);1H. The normalized spacial score (nSPS) is 11.3. The summed E-state index contributed by atoms with van der Waals surface area (Å²) < 4.78 is 10.6. The van der Waals surface area contributed by atoms with E-state index in [-0.39, 0.29) is 36.5 Å². The molecule has 0 aromatic heterocycles. The Morgan fingerprint density at radius 3 is 2.46 bits per heavy atom. The Balaban J connectivity index is 0.00000529. The van der Waals surface area contributed by atoms with Crippen molar-refractivity contribution in [3.63, 3.8) is 0 Å². The van der Waals surface area contributed by atoms with Crippen LogP contribution in [0.1, 0.15) is 31.9 Å². The highest BCUT2D eigenvalue weighted by Crippen LogP contribution is 2.19. The van der Waals surface area contributed by atoms with E-state index < -0.39 is 5.60 Å². The largest absolute Gasteiger partial charge is 0.496 e. The van der Waals surface area contributed by atoms with Crippen LogP contribution in [0.5, 0.6) is 5.75 Å². The van der Waals surface area contributed by atoms with Crippen LogP contribution < -0.4 is 15.4 Å². The van der Waals surface area contributed by atoms with Gasteiger partial charge in [0.25, 0.3) is 0 Å². The minimum atomic E-state index is -0.495. The Labute approximate surface area is 161 Å². The Kier molecular flexibility index (Phi) is 9.72. The first-order valence-electron chi connectivity index (χ1n) is 7.55. The Hall–Kier alpha value is -1.51. The number of benzene rings is 1. The molecule has 0 atom stereocenters. The monoisotopic (exact) mass is 449 g/mol. The topological polar surface area (TPSA) is 72.0 Å². The van der Waals surface area contributed by atoms with Gasteiger partial charge in [0.15, 0.2) is 5.96 Å². The van der Waals surface area contributed by atoms with Gasteiger partial charge in [0.1, 0.15) is 17.9 Å². The van der Waals surface area contributed by atoms with Crippen molar-refractivity contribution in [2.45, 2.75) is 39.8 Å². The summed E-state index contributed by atoms with van der Waals surface area (Å²) >= 11 is 0. The summed E-state index contributed by atoms with van der Waals surface area (Å²) in [7, 11) is 3.30. The third kappa shape index (κ3) is 8.37. The van der Waals surface area contributed by atoms with Crippen molar-refractivity contribution in [1.29, 1.82) is 0 Å². The number of rotatable bonds is 5. The fourth-order valence-corrected chi connectivity index (χ4v) is 1.93. The molecule has 2 N–H and O–H groups in total. The van der Waals surface area contributed by atoms with E-state index in [1.807, 2.05) is 45.9 Å². The summed E-state index contributed by atoms with van der Waals surface area (Å²) in [5.74, 6) is 1.02. The highest BCUT2D eigenvalue weighted by atomic mass is 127. The number of hydrogen-bond donors (Lipinski definition) is 2. The molecule has 24 heavy (non-hydrogen) atoms. The van der Waals surface area contributed by atoms with Gasteiger partial charge in [-0.3, -0.25) is 9.79 Å². The van der Waals surface area contributed by atoms with Crippen molar-refractivity contribution in [3.05, 3.63) is 29.3 Å². The molecule has 0 saturated heterocycles. The second-order valence-corrected chi connectivity index (χ2v) is 6.18. The van der Waals surface area contributed by atoms with Crippen molar-refractivity contribution < 1.29 is 14.3 Å². The van der Waals surface area contributed by atoms with Crippen LogP contribution >= 0.6 is 24.0 Å². The Bertz CT molecular complexity index is 569. The van der Waals surface area contributed by atoms with Crippen LogP contribution in [0.2, 0.25) is 0 Å². The molecule has 0 unspecified atom stereocenters. The van der Waals surface area contributed by atoms with E-state index in [9.17, 15) is 4.79 Å². The molecule has 0 radical (unpaired) electrons. The number of aryl methyl sites for hydroxylation is 1. The van der Waals surface area contributed by atoms with Gasteiger partial charge in [-0.05, 0) is 39.3 Å². The molecule has 7 heteroatoms. The van der Waals surface area contributed by atoms with E-state index in [0.717, 1.165) is 16.9 Å². The summed E-state index contributed by atoms with van der Waals surface area (Å²) in [5.41, 5.74) is 1.65. The van der Waals surface area contributed by atoms with E-state index in [1.165, 1.54) is 0 Å². The van der Waals surface area contributed by atoms with Crippen LogP contribution in [-0.4, -0.2) is 38.2 Å². The molecule has 1 aromatic rings. The molecule has 0 bridgehead atoms. The summed E-state index contributed by atoms with van der Waals surface area (Å²) in [6.07, 6.45) is 0. The third-order valence-electron chi connectivity index (χ3n) is 2.93. The third-order valence-corrected chi connectivity index (χ3v) is 2.93. The van der Waals surface area contributed by atoms with Crippen molar-refractivity contribution in [2.75, 3.05) is 20.7 Å². The van der Waals surface area contributed by atoms with Gasteiger partial charge in [0, 0.05) is 19.2 Å². The molecule has 0 heterocycles. The van der Waals surface area contributed by atoms with Gasteiger partial charge in [0.2, 0.25) is 0 Å². The molecule has 0 saturated carbocycles. The maximum absolute atomic E-state index is 11.7. The smallest absolute Gasteiger partial charge is 0.325 e. The highest BCUT2D eigenvalue weighted by molar-refractivity contribution is 14.0. The Morgan fingerprint density at radius 1 is 1.25 bits per heavy atom. The average Bonchev–Trinajstić information content (AvgIpc) is 2.46. The lowest BCUT2D eigenvalue weighted by Gasteiger charge is -2.20. The minimum absolute atomic E-state index is 0. The first kappa shape index (κ1) is 22.5. The zero-order chi connectivity index (χ0) is 17.5. The van der Waals surface area contributed by atoms with E-state index in [0.29, 0.717) is 12.5 Å². The number of carbonyl (C=O) groups is 1. The number of ether oxygens (including phenoxy) is 2. The number of esters is 1. The molecule has 1 rings (SSSR count). The van der Waals surface area contributed by atoms with E-state index in [2.05, 4.69) is 15.6 Å². The number of nitrogens with zero attached hydrogens (tertiary/aromatic N) is 1. The molecule has 0 spiro atoms. The van der Waals surface area contributed by atoms with Crippen LogP contribution in [0.4, 0.5) is 0 Å². The molecule has 1 aromatic carbocycles. The summed E-state index contributed by atoms with van der Waals surface area (Å²) in [4.78, 5) is 15.8. The molecule has 0 amide bonds. The predicted molar refractivity (Wildman–Crippen MR) is 107 cm³/mol. The summed E-state index contributed by atoms with van der Waals surface area (Å²) in [6.45, 7) is 8.12. The lowest BCUT2D eigenvalue weighted by atomic mass is 10.1. The van der Waals surface area contributed by atoms with Crippen molar-refractivity contribution in [2.24, 2.45) is 4.99 Å². The molecular weight excluding hydrogens is 421 g/mol. The number of halogens is 1. The highest BCUT2D eigenvalue weighted by Gasteiger charge is 2.16. The lowest BCUT2D eigenvalue weighted by Crippen LogP contribution is -2.41. The zero-order valence-corrected chi connectivity index (χ0v) is 17.6. The van der Waals surface area contributed by atoms with Crippen LogP contribution in [0.15, 0.2) is 23.2 Å². The maximum atomic E-state index is 11.7. The first-order valence-corrected chi connectivity index (χ1v) is 7.55. The minimum Gasteiger partial charge on any atom is -0.496 e. The summed E-state index contributed by atoms with van der Waals surface area (Å²) in [5, 5.41) is 6.08. The number of hydrogen-bond acceptors (Lipinski definition) is 4. The molecule has 0 aliphatic carbocycles. The molecule has 0 fully saturated rings.